The number of hydrogen-bond acceptors (Lipinski definition) is 2. The highest BCUT2D eigenvalue weighted by atomic mass is 15.1. The summed E-state index contributed by atoms with van der Waals surface area (Å²) < 4.78 is 0. The fourth-order valence-corrected chi connectivity index (χ4v) is 2.57. The van der Waals surface area contributed by atoms with Crippen molar-refractivity contribution in [3.63, 3.8) is 0 Å². The van der Waals surface area contributed by atoms with Gasteiger partial charge in [-0.05, 0) is 50.3 Å². The van der Waals surface area contributed by atoms with Crippen LogP contribution in [-0.2, 0) is 0 Å². The summed E-state index contributed by atoms with van der Waals surface area (Å²) in [5.41, 5.74) is 8.88. The van der Waals surface area contributed by atoms with Crippen LogP contribution >= 0.6 is 0 Å². The van der Waals surface area contributed by atoms with Crippen molar-refractivity contribution in [3.8, 4) is 0 Å². The molecule has 0 aromatic heterocycles. The lowest BCUT2D eigenvalue weighted by atomic mass is 9.77. The zero-order valence-electron chi connectivity index (χ0n) is 11.0. The summed E-state index contributed by atoms with van der Waals surface area (Å²) in [6.45, 7) is 6.50. The van der Waals surface area contributed by atoms with Crippen molar-refractivity contribution >= 4 is 5.69 Å². The molecule has 2 nitrogen and oxygen atoms in total. The average molecular weight is 232 g/mol. The van der Waals surface area contributed by atoms with Crippen molar-refractivity contribution in [3.05, 3.63) is 29.8 Å². The van der Waals surface area contributed by atoms with Gasteiger partial charge in [-0.25, -0.2) is 0 Å². The third-order valence-electron chi connectivity index (χ3n) is 4.06. The first-order chi connectivity index (χ1) is 8.26. The molecule has 0 amide bonds. The van der Waals surface area contributed by atoms with Crippen molar-refractivity contribution in [2.75, 3.05) is 18.0 Å². The fraction of sp³-hybridized carbons (Fsp3) is 0.600. The molecule has 1 aromatic carbocycles. The molecular weight excluding hydrogens is 208 g/mol. The van der Waals surface area contributed by atoms with E-state index in [1.807, 2.05) is 0 Å². The van der Waals surface area contributed by atoms with Crippen molar-refractivity contribution in [2.45, 2.75) is 39.2 Å². The van der Waals surface area contributed by atoms with Gasteiger partial charge in [0.05, 0.1) is 0 Å². The first-order valence-corrected chi connectivity index (χ1v) is 6.86. The summed E-state index contributed by atoms with van der Waals surface area (Å²) in [7, 11) is 0. The zero-order valence-corrected chi connectivity index (χ0v) is 11.0. The van der Waals surface area contributed by atoms with E-state index in [0.29, 0.717) is 5.92 Å². The Morgan fingerprint density at radius 1 is 1.18 bits per heavy atom. The van der Waals surface area contributed by atoms with Gasteiger partial charge in [-0.3, -0.25) is 0 Å². The van der Waals surface area contributed by atoms with Crippen LogP contribution in [0.3, 0.4) is 0 Å². The van der Waals surface area contributed by atoms with E-state index >= 15 is 0 Å². The predicted octanol–water partition coefficient (Wildman–Crippen LogP) is 3.33. The smallest absolute Gasteiger partial charge is 0.0366 e. The van der Waals surface area contributed by atoms with Gasteiger partial charge in [-0.15, -0.1) is 0 Å². The molecular formula is C15H24N2. The minimum Gasteiger partial charge on any atom is -0.372 e. The van der Waals surface area contributed by atoms with Crippen LogP contribution in [0, 0.1) is 5.92 Å². The molecule has 0 unspecified atom stereocenters. The Balaban J connectivity index is 2.06. The number of rotatable bonds is 5. The van der Waals surface area contributed by atoms with E-state index in [4.69, 9.17) is 5.73 Å². The molecule has 2 heteroatoms. The van der Waals surface area contributed by atoms with Crippen LogP contribution in [0.15, 0.2) is 24.3 Å². The lowest BCUT2D eigenvalue weighted by Gasteiger charge is -2.31. The van der Waals surface area contributed by atoms with Crippen LogP contribution in [-0.4, -0.2) is 13.1 Å². The van der Waals surface area contributed by atoms with Gasteiger partial charge in [-0.2, -0.15) is 0 Å². The van der Waals surface area contributed by atoms with Crippen LogP contribution in [0.25, 0.3) is 0 Å². The second-order valence-electron chi connectivity index (χ2n) is 4.98. The topological polar surface area (TPSA) is 29.3 Å². The third kappa shape index (κ3) is 2.63. The Morgan fingerprint density at radius 2 is 1.76 bits per heavy atom. The fourth-order valence-electron chi connectivity index (χ4n) is 2.57. The van der Waals surface area contributed by atoms with Crippen molar-refractivity contribution in [2.24, 2.45) is 11.7 Å². The van der Waals surface area contributed by atoms with Gasteiger partial charge in [0.1, 0.15) is 0 Å². The Labute approximate surface area is 105 Å². The first kappa shape index (κ1) is 12.4. The van der Waals surface area contributed by atoms with E-state index in [0.717, 1.165) is 13.1 Å². The van der Waals surface area contributed by atoms with E-state index in [9.17, 15) is 0 Å². The summed E-state index contributed by atoms with van der Waals surface area (Å²) in [4.78, 5) is 2.36. The minimum absolute atomic E-state index is 0.245. The molecule has 1 saturated carbocycles. The van der Waals surface area contributed by atoms with E-state index in [2.05, 4.69) is 43.0 Å². The van der Waals surface area contributed by atoms with Crippen molar-refractivity contribution < 1.29 is 0 Å². The molecule has 94 valence electrons. The number of hydrogen-bond donors (Lipinski definition) is 1. The highest BCUT2D eigenvalue weighted by Gasteiger charge is 2.25. The van der Waals surface area contributed by atoms with Gasteiger partial charge in [-0.1, -0.05) is 18.6 Å². The molecule has 2 rings (SSSR count). The van der Waals surface area contributed by atoms with Crippen LogP contribution in [0.4, 0.5) is 5.69 Å². The molecule has 1 aliphatic carbocycles. The average Bonchev–Trinajstić information content (AvgIpc) is 2.29. The molecule has 0 radical (unpaired) electrons. The highest BCUT2D eigenvalue weighted by molar-refractivity contribution is 5.47. The van der Waals surface area contributed by atoms with Crippen LogP contribution in [0.5, 0.6) is 0 Å². The Morgan fingerprint density at radius 3 is 2.18 bits per heavy atom. The maximum Gasteiger partial charge on any atom is 0.0366 e. The Kier molecular flexibility index (Phi) is 4.06. The van der Waals surface area contributed by atoms with E-state index in [1.165, 1.54) is 30.5 Å². The van der Waals surface area contributed by atoms with Gasteiger partial charge in [0.2, 0.25) is 0 Å². The summed E-state index contributed by atoms with van der Waals surface area (Å²) >= 11 is 0. The quantitative estimate of drug-likeness (QED) is 0.843. The molecule has 1 atom stereocenters. The summed E-state index contributed by atoms with van der Waals surface area (Å²) in [6, 6.07) is 9.07. The van der Waals surface area contributed by atoms with Crippen molar-refractivity contribution in [1.29, 1.82) is 0 Å². The zero-order chi connectivity index (χ0) is 12.3. The molecule has 0 spiro atoms. The van der Waals surface area contributed by atoms with Crippen LogP contribution in [0.1, 0.15) is 44.7 Å². The molecule has 0 saturated heterocycles. The maximum atomic E-state index is 6.28. The molecule has 0 bridgehead atoms. The second-order valence-corrected chi connectivity index (χ2v) is 4.98. The monoisotopic (exact) mass is 232 g/mol. The maximum absolute atomic E-state index is 6.28. The molecule has 2 N–H and O–H groups in total. The number of anilines is 1. The highest BCUT2D eigenvalue weighted by Crippen LogP contribution is 2.36. The van der Waals surface area contributed by atoms with Crippen molar-refractivity contribution in [1.82, 2.24) is 0 Å². The van der Waals surface area contributed by atoms with Gasteiger partial charge in [0, 0.05) is 24.8 Å². The Bertz CT molecular complexity index is 336. The lowest BCUT2D eigenvalue weighted by Crippen LogP contribution is -2.27. The molecule has 1 aromatic rings. The standard InChI is InChI=1S/C15H24N2/c1-3-17(4-2)14-10-8-13(9-11-14)15(16)12-6-5-7-12/h8-12,15H,3-7,16H2,1-2H3/t15-/m0/s1. The van der Waals surface area contributed by atoms with Gasteiger partial charge in [0.15, 0.2) is 0 Å². The first-order valence-electron chi connectivity index (χ1n) is 6.86. The summed E-state index contributed by atoms with van der Waals surface area (Å²) in [5.74, 6) is 0.717. The predicted molar refractivity (Wildman–Crippen MR) is 74.3 cm³/mol. The SMILES string of the molecule is CCN(CC)c1ccc([C@@H](N)C2CCC2)cc1. The summed E-state index contributed by atoms with van der Waals surface area (Å²) in [5, 5.41) is 0. The van der Waals surface area contributed by atoms with Crippen LogP contribution in [0.2, 0.25) is 0 Å². The van der Waals surface area contributed by atoms with E-state index in [-0.39, 0.29) is 6.04 Å². The molecule has 1 fully saturated rings. The molecule has 0 heterocycles. The molecule has 0 aliphatic heterocycles. The summed E-state index contributed by atoms with van der Waals surface area (Å²) in [6.07, 6.45) is 3.97. The number of nitrogens with two attached hydrogens (primary N) is 1. The largest absolute Gasteiger partial charge is 0.372 e. The Hall–Kier alpha value is -1.02. The molecule has 1 aliphatic rings. The number of benzene rings is 1. The van der Waals surface area contributed by atoms with Gasteiger partial charge in [0.25, 0.3) is 0 Å². The lowest BCUT2D eigenvalue weighted by molar-refractivity contribution is 0.264. The normalized spacial score (nSPS) is 17.6. The third-order valence-corrected chi connectivity index (χ3v) is 4.06. The van der Waals surface area contributed by atoms with E-state index in [1.54, 1.807) is 0 Å². The van der Waals surface area contributed by atoms with Crippen LogP contribution < -0.4 is 10.6 Å². The van der Waals surface area contributed by atoms with Gasteiger partial charge >= 0.3 is 0 Å². The molecule has 17 heavy (non-hydrogen) atoms. The van der Waals surface area contributed by atoms with Gasteiger partial charge < -0.3 is 10.6 Å². The second kappa shape index (κ2) is 5.54. The van der Waals surface area contributed by atoms with E-state index < -0.39 is 0 Å². The minimum atomic E-state index is 0.245. The number of nitrogens with zero attached hydrogens (tertiary/aromatic N) is 1.